The topological polar surface area (TPSA) is 86.2 Å². The van der Waals surface area contributed by atoms with E-state index in [1.165, 1.54) is 29.2 Å². The molecular formula is C10H10N2O2S3. The fraction of sp³-hybridized carbons (Fsp3) is 0. The van der Waals surface area contributed by atoms with Crippen LogP contribution in [0.25, 0.3) is 0 Å². The van der Waals surface area contributed by atoms with E-state index in [0.717, 1.165) is 4.21 Å². The summed E-state index contributed by atoms with van der Waals surface area (Å²) in [4.78, 5) is 0.653. The molecule has 0 aliphatic rings. The van der Waals surface area contributed by atoms with Crippen LogP contribution in [-0.2, 0) is 10.0 Å². The molecule has 2 aromatic rings. The molecule has 0 atom stereocenters. The summed E-state index contributed by atoms with van der Waals surface area (Å²) in [6.45, 7) is 0. The van der Waals surface area contributed by atoms with Gasteiger partial charge in [0.1, 0.15) is 0 Å². The zero-order valence-corrected chi connectivity index (χ0v) is 11.1. The highest BCUT2D eigenvalue weighted by Gasteiger charge is 2.15. The average molecular weight is 286 g/mol. The predicted octanol–water partition coefficient (Wildman–Crippen LogP) is 2.13. The van der Waals surface area contributed by atoms with Gasteiger partial charge in [-0.05, 0) is 29.6 Å². The monoisotopic (exact) mass is 286 g/mol. The third-order valence-corrected chi connectivity index (χ3v) is 5.17. The van der Waals surface area contributed by atoms with Crippen molar-refractivity contribution in [1.29, 1.82) is 0 Å². The molecule has 0 radical (unpaired) electrons. The molecular weight excluding hydrogens is 276 g/mol. The summed E-state index contributed by atoms with van der Waals surface area (Å²) in [5.74, 6) is 0. The van der Waals surface area contributed by atoms with Crippen LogP contribution in [0.4, 0.5) is 5.69 Å². The molecule has 1 heterocycles. The lowest BCUT2D eigenvalue weighted by molar-refractivity contribution is 0.596. The van der Waals surface area contributed by atoms with Crippen molar-refractivity contribution < 1.29 is 8.42 Å². The van der Waals surface area contributed by atoms with E-state index >= 15 is 0 Å². The van der Waals surface area contributed by atoms with Crippen LogP contribution in [0.5, 0.6) is 0 Å². The molecule has 0 fully saturated rings. The third kappa shape index (κ3) is 3.01. The van der Waals surface area contributed by atoms with Crippen LogP contribution < -0.4 is 10.9 Å². The molecule has 7 heteroatoms. The Hall–Kier alpha value is -1.02. The number of benzene rings is 1. The Labute approximate surface area is 108 Å². The fourth-order valence-corrected chi connectivity index (χ4v) is 4.12. The second-order valence-electron chi connectivity index (χ2n) is 3.29. The van der Waals surface area contributed by atoms with Crippen molar-refractivity contribution in [3.05, 3.63) is 35.7 Å². The lowest BCUT2D eigenvalue weighted by Gasteiger charge is -2.07. The zero-order valence-electron chi connectivity index (χ0n) is 8.66. The van der Waals surface area contributed by atoms with Crippen molar-refractivity contribution >= 4 is 38.8 Å². The number of hydrogen-bond donors (Lipinski definition) is 2. The van der Waals surface area contributed by atoms with Crippen LogP contribution >= 0.6 is 23.1 Å². The van der Waals surface area contributed by atoms with Gasteiger partial charge in [0.15, 0.2) is 0 Å². The van der Waals surface area contributed by atoms with Gasteiger partial charge >= 0.3 is 0 Å². The van der Waals surface area contributed by atoms with Gasteiger partial charge in [-0.3, -0.25) is 0 Å². The first kappa shape index (κ1) is 12.4. The van der Waals surface area contributed by atoms with Crippen LogP contribution in [0.3, 0.4) is 0 Å². The molecule has 0 bridgehead atoms. The van der Waals surface area contributed by atoms with Gasteiger partial charge in [0.05, 0.1) is 9.10 Å². The first-order valence-electron chi connectivity index (χ1n) is 4.60. The molecule has 0 aliphatic carbocycles. The Morgan fingerprint density at radius 3 is 2.59 bits per heavy atom. The van der Waals surface area contributed by atoms with Gasteiger partial charge in [-0.2, -0.15) is 0 Å². The Balaban J connectivity index is 2.47. The van der Waals surface area contributed by atoms with Gasteiger partial charge in [-0.15, -0.1) is 11.3 Å². The molecule has 17 heavy (non-hydrogen) atoms. The van der Waals surface area contributed by atoms with E-state index in [1.54, 1.807) is 12.1 Å². The quantitative estimate of drug-likeness (QED) is 0.846. The van der Waals surface area contributed by atoms with Gasteiger partial charge in [-0.1, -0.05) is 17.8 Å². The number of primary sulfonamides is 1. The normalized spacial score (nSPS) is 11.6. The standard InChI is InChI=1S/C10H10N2O2S3/c11-7-3-4-8(9(6-7)17(12,13)14)16-10-2-1-5-15-10/h1-6H,11H2,(H2,12,13,14). The summed E-state index contributed by atoms with van der Waals surface area (Å²) in [6.07, 6.45) is 0. The van der Waals surface area contributed by atoms with E-state index in [9.17, 15) is 8.42 Å². The highest BCUT2D eigenvalue weighted by atomic mass is 32.2. The zero-order chi connectivity index (χ0) is 12.5. The van der Waals surface area contributed by atoms with Crippen molar-refractivity contribution in [2.24, 2.45) is 5.14 Å². The number of thiophene rings is 1. The van der Waals surface area contributed by atoms with Crippen molar-refractivity contribution in [2.75, 3.05) is 5.73 Å². The second kappa shape index (κ2) is 4.69. The first-order chi connectivity index (χ1) is 7.97. The number of nitrogens with two attached hydrogens (primary N) is 2. The fourth-order valence-electron chi connectivity index (χ4n) is 1.26. The molecule has 0 amide bonds. The molecule has 0 saturated carbocycles. The molecule has 1 aromatic carbocycles. The number of anilines is 1. The maximum Gasteiger partial charge on any atom is 0.239 e. The first-order valence-corrected chi connectivity index (χ1v) is 7.85. The minimum Gasteiger partial charge on any atom is -0.399 e. The molecule has 2 rings (SSSR count). The minimum atomic E-state index is -3.76. The van der Waals surface area contributed by atoms with Crippen molar-refractivity contribution in [3.8, 4) is 0 Å². The lowest BCUT2D eigenvalue weighted by Crippen LogP contribution is -2.13. The van der Waals surface area contributed by atoms with E-state index in [2.05, 4.69) is 0 Å². The van der Waals surface area contributed by atoms with E-state index in [0.29, 0.717) is 10.6 Å². The predicted molar refractivity (Wildman–Crippen MR) is 70.7 cm³/mol. The largest absolute Gasteiger partial charge is 0.399 e. The number of nitrogen functional groups attached to an aromatic ring is 1. The lowest BCUT2D eigenvalue weighted by atomic mass is 10.3. The second-order valence-corrected chi connectivity index (χ2v) is 7.11. The highest BCUT2D eigenvalue weighted by molar-refractivity contribution is 8.01. The summed E-state index contributed by atoms with van der Waals surface area (Å²) >= 11 is 2.90. The third-order valence-electron chi connectivity index (χ3n) is 1.98. The molecule has 4 N–H and O–H groups in total. The summed E-state index contributed by atoms with van der Waals surface area (Å²) in [5, 5.41) is 7.09. The molecule has 0 unspecified atom stereocenters. The highest BCUT2D eigenvalue weighted by Crippen LogP contribution is 2.35. The van der Waals surface area contributed by atoms with Gasteiger partial charge in [-0.25, -0.2) is 13.6 Å². The van der Waals surface area contributed by atoms with Gasteiger partial charge in [0.25, 0.3) is 0 Å². The minimum absolute atomic E-state index is 0.0656. The Kier molecular flexibility index (Phi) is 3.43. The summed E-state index contributed by atoms with van der Waals surface area (Å²) < 4.78 is 23.9. The molecule has 0 spiro atoms. The van der Waals surface area contributed by atoms with Gasteiger partial charge < -0.3 is 5.73 Å². The smallest absolute Gasteiger partial charge is 0.239 e. The van der Waals surface area contributed by atoms with Crippen LogP contribution in [0.15, 0.2) is 49.7 Å². The maximum atomic E-state index is 11.4. The van der Waals surface area contributed by atoms with E-state index < -0.39 is 10.0 Å². The summed E-state index contributed by atoms with van der Waals surface area (Å²) in [7, 11) is -3.76. The van der Waals surface area contributed by atoms with E-state index in [-0.39, 0.29) is 4.90 Å². The number of hydrogen-bond acceptors (Lipinski definition) is 5. The van der Waals surface area contributed by atoms with Crippen LogP contribution in [-0.4, -0.2) is 8.42 Å². The molecule has 4 nitrogen and oxygen atoms in total. The van der Waals surface area contributed by atoms with Crippen molar-refractivity contribution in [2.45, 2.75) is 14.0 Å². The van der Waals surface area contributed by atoms with Crippen molar-refractivity contribution in [3.63, 3.8) is 0 Å². The molecule has 0 aliphatic heterocycles. The van der Waals surface area contributed by atoms with Gasteiger partial charge in [0, 0.05) is 10.6 Å². The van der Waals surface area contributed by atoms with Crippen LogP contribution in [0.1, 0.15) is 0 Å². The Morgan fingerprint density at radius 2 is 2.00 bits per heavy atom. The van der Waals surface area contributed by atoms with Gasteiger partial charge in [0.2, 0.25) is 10.0 Å². The summed E-state index contributed by atoms with van der Waals surface area (Å²) in [5.41, 5.74) is 5.95. The molecule has 90 valence electrons. The van der Waals surface area contributed by atoms with E-state index in [4.69, 9.17) is 10.9 Å². The average Bonchev–Trinajstić information content (AvgIpc) is 2.72. The maximum absolute atomic E-state index is 11.4. The summed E-state index contributed by atoms with van der Waals surface area (Å²) in [6, 6.07) is 8.52. The molecule has 1 aromatic heterocycles. The molecule has 0 saturated heterocycles. The van der Waals surface area contributed by atoms with Crippen LogP contribution in [0, 0.1) is 0 Å². The van der Waals surface area contributed by atoms with Crippen molar-refractivity contribution in [1.82, 2.24) is 0 Å². The Morgan fingerprint density at radius 1 is 1.24 bits per heavy atom. The number of rotatable bonds is 3. The Bertz CT molecular complexity index is 621. The number of sulfonamides is 1. The SMILES string of the molecule is Nc1ccc(Sc2cccs2)c(S(N)(=O)=O)c1. The van der Waals surface area contributed by atoms with Crippen LogP contribution in [0.2, 0.25) is 0 Å². The van der Waals surface area contributed by atoms with E-state index in [1.807, 2.05) is 17.5 Å².